The predicted molar refractivity (Wildman–Crippen MR) is 61.6 cm³/mol. The highest BCUT2D eigenvalue weighted by molar-refractivity contribution is 7.99. The lowest BCUT2D eigenvalue weighted by molar-refractivity contribution is 0.200. The molecule has 0 aliphatic heterocycles. The van der Waals surface area contributed by atoms with Crippen molar-refractivity contribution in [3.8, 4) is 0 Å². The number of hydrogen-bond donors (Lipinski definition) is 1. The summed E-state index contributed by atoms with van der Waals surface area (Å²) in [6.45, 7) is 2.16. The number of aliphatic hydroxyl groups is 1. The van der Waals surface area contributed by atoms with Crippen molar-refractivity contribution in [2.45, 2.75) is 25.9 Å². The number of thioether (sulfide) groups is 1. The summed E-state index contributed by atoms with van der Waals surface area (Å²) in [4.78, 5) is 0. The van der Waals surface area contributed by atoms with Gasteiger partial charge in [0.2, 0.25) is 0 Å². The molecule has 1 nitrogen and oxygen atoms in total. The summed E-state index contributed by atoms with van der Waals surface area (Å²) in [6.07, 6.45) is 1.82. The molecule has 0 spiro atoms. The second kappa shape index (κ2) is 6.46. The first-order chi connectivity index (χ1) is 6.33. The van der Waals surface area contributed by atoms with E-state index in [1.165, 1.54) is 12.0 Å². The van der Waals surface area contributed by atoms with Crippen molar-refractivity contribution in [1.82, 2.24) is 0 Å². The first-order valence-corrected chi connectivity index (χ1v) is 6.69. The number of rotatable bonds is 6. The zero-order valence-electron chi connectivity index (χ0n) is 7.90. The van der Waals surface area contributed by atoms with Crippen LogP contribution in [0.1, 0.15) is 18.9 Å². The summed E-state index contributed by atoms with van der Waals surface area (Å²) in [5.41, 5.74) is 1.26. The largest absolute Gasteiger partial charge is 0.392 e. The van der Waals surface area contributed by atoms with Gasteiger partial charge in [-0.25, -0.2) is 0 Å². The van der Waals surface area contributed by atoms with Gasteiger partial charge in [0.15, 0.2) is 0 Å². The Balaban J connectivity index is 2.14. The molecule has 13 heavy (non-hydrogen) atoms. The summed E-state index contributed by atoms with van der Waals surface area (Å²) in [5.74, 6) is 2.02. The van der Waals surface area contributed by atoms with E-state index >= 15 is 0 Å². The Hall–Kier alpha value is 0.01000. The molecule has 0 amide bonds. The quantitative estimate of drug-likeness (QED) is 0.738. The third-order valence-corrected chi connectivity index (χ3v) is 3.76. The lowest BCUT2D eigenvalue weighted by atomic mass is 10.2. The fourth-order valence-corrected chi connectivity index (χ4v) is 2.63. The van der Waals surface area contributed by atoms with Crippen LogP contribution >= 0.6 is 23.1 Å². The third-order valence-electron chi connectivity index (χ3n) is 1.71. The number of hydrogen-bond acceptors (Lipinski definition) is 3. The molecule has 1 unspecified atom stereocenters. The van der Waals surface area contributed by atoms with Gasteiger partial charge in [-0.2, -0.15) is 23.1 Å². The lowest BCUT2D eigenvalue weighted by Crippen LogP contribution is -2.13. The zero-order valence-corrected chi connectivity index (χ0v) is 9.53. The van der Waals surface area contributed by atoms with Crippen LogP contribution in [0.3, 0.4) is 0 Å². The fraction of sp³-hybridized carbons (Fsp3) is 0.600. The molecule has 0 saturated heterocycles. The van der Waals surface area contributed by atoms with E-state index in [0.717, 1.165) is 17.9 Å². The van der Waals surface area contributed by atoms with Gasteiger partial charge in [-0.05, 0) is 41.0 Å². The van der Waals surface area contributed by atoms with Gasteiger partial charge in [-0.3, -0.25) is 0 Å². The van der Waals surface area contributed by atoms with E-state index in [9.17, 15) is 5.11 Å². The minimum absolute atomic E-state index is 0.175. The van der Waals surface area contributed by atoms with Gasteiger partial charge < -0.3 is 5.11 Å². The molecule has 0 bridgehead atoms. The van der Waals surface area contributed by atoms with Crippen molar-refractivity contribution in [2.75, 3.05) is 11.5 Å². The first kappa shape index (κ1) is 11.1. The highest BCUT2D eigenvalue weighted by Gasteiger charge is 2.05. The van der Waals surface area contributed by atoms with Crippen molar-refractivity contribution >= 4 is 23.1 Å². The van der Waals surface area contributed by atoms with Gasteiger partial charge in [0.05, 0.1) is 6.10 Å². The number of aliphatic hydroxyl groups excluding tert-OH is 1. The van der Waals surface area contributed by atoms with Crippen molar-refractivity contribution in [2.24, 2.45) is 0 Å². The van der Waals surface area contributed by atoms with E-state index in [-0.39, 0.29) is 6.10 Å². The van der Waals surface area contributed by atoms with Crippen molar-refractivity contribution < 1.29 is 5.11 Å². The van der Waals surface area contributed by atoms with Gasteiger partial charge in [-0.15, -0.1) is 0 Å². The summed E-state index contributed by atoms with van der Waals surface area (Å²) in [7, 11) is 0. The highest BCUT2D eigenvalue weighted by Crippen LogP contribution is 2.12. The Labute approximate surface area is 88.2 Å². The summed E-state index contributed by atoms with van der Waals surface area (Å²) < 4.78 is 0. The molecule has 0 radical (unpaired) electrons. The van der Waals surface area contributed by atoms with E-state index in [2.05, 4.69) is 23.8 Å². The fourth-order valence-electron chi connectivity index (χ4n) is 1.10. The molecule has 0 saturated carbocycles. The molecule has 1 rings (SSSR count). The summed E-state index contributed by atoms with van der Waals surface area (Å²) in [5, 5.41) is 13.8. The number of thiophene rings is 1. The monoisotopic (exact) mass is 216 g/mol. The highest BCUT2D eigenvalue weighted by atomic mass is 32.2. The maximum atomic E-state index is 9.63. The average Bonchev–Trinajstić information content (AvgIpc) is 2.57. The van der Waals surface area contributed by atoms with Crippen LogP contribution in [0.25, 0.3) is 0 Å². The second-order valence-electron chi connectivity index (χ2n) is 3.06. The molecule has 1 heterocycles. The van der Waals surface area contributed by atoms with Crippen LogP contribution < -0.4 is 0 Å². The van der Waals surface area contributed by atoms with Crippen molar-refractivity contribution in [3.63, 3.8) is 0 Å². The second-order valence-corrected chi connectivity index (χ2v) is 4.99. The maximum absolute atomic E-state index is 9.63. The van der Waals surface area contributed by atoms with Crippen LogP contribution in [-0.2, 0) is 6.42 Å². The van der Waals surface area contributed by atoms with Gasteiger partial charge >= 0.3 is 0 Å². The molecular weight excluding hydrogens is 200 g/mol. The molecule has 1 atom stereocenters. The third kappa shape index (κ3) is 4.69. The molecule has 1 aromatic rings. The molecule has 3 heteroatoms. The van der Waals surface area contributed by atoms with E-state index < -0.39 is 0 Å². The van der Waals surface area contributed by atoms with E-state index in [1.807, 2.05) is 11.8 Å². The van der Waals surface area contributed by atoms with Crippen LogP contribution in [0.4, 0.5) is 0 Å². The average molecular weight is 216 g/mol. The summed E-state index contributed by atoms with van der Waals surface area (Å²) >= 11 is 3.53. The lowest BCUT2D eigenvalue weighted by Gasteiger charge is -2.08. The SMILES string of the molecule is CCCSCC(O)Cc1ccsc1. The molecule has 0 aliphatic rings. The van der Waals surface area contributed by atoms with E-state index in [4.69, 9.17) is 0 Å². The Bertz CT molecular complexity index is 209. The van der Waals surface area contributed by atoms with Gasteiger partial charge in [0.1, 0.15) is 0 Å². The van der Waals surface area contributed by atoms with E-state index in [0.29, 0.717) is 0 Å². The van der Waals surface area contributed by atoms with Crippen LogP contribution in [-0.4, -0.2) is 22.7 Å². The smallest absolute Gasteiger partial charge is 0.0671 e. The van der Waals surface area contributed by atoms with Crippen LogP contribution in [0.5, 0.6) is 0 Å². The maximum Gasteiger partial charge on any atom is 0.0671 e. The Kier molecular flexibility index (Phi) is 5.51. The van der Waals surface area contributed by atoms with Crippen molar-refractivity contribution in [1.29, 1.82) is 0 Å². The molecule has 0 fully saturated rings. The minimum atomic E-state index is -0.175. The summed E-state index contributed by atoms with van der Waals surface area (Å²) in [6, 6.07) is 2.08. The molecule has 74 valence electrons. The van der Waals surface area contributed by atoms with Crippen LogP contribution in [0, 0.1) is 0 Å². The Morgan fingerprint density at radius 2 is 2.46 bits per heavy atom. The van der Waals surface area contributed by atoms with Crippen LogP contribution in [0.2, 0.25) is 0 Å². The minimum Gasteiger partial charge on any atom is -0.392 e. The first-order valence-electron chi connectivity index (χ1n) is 4.59. The van der Waals surface area contributed by atoms with Gasteiger partial charge in [0, 0.05) is 5.75 Å². The van der Waals surface area contributed by atoms with E-state index in [1.54, 1.807) is 11.3 Å². The molecule has 1 N–H and O–H groups in total. The van der Waals surface area contributed by atoms with Gasteiger partial charge in [-0.1, -0.05) is 6.92 Å². The predicted octanol–water partition coefficient (Wildman–Crippen LogP) is 2.79. The zero-order chi connectivity index (χ0) is 9.52. The van der Waals surface area contributed by atoms with Crippen molar-refractivity contribution in [3.05, 3.63) is 22.4 Å². The normalized spacial score (nSPS) is 13.1. The molecular formula is C10H16OS2. The standard InChI is InChI=1S/C10H16OS2/c1-2-4-12-8-10(11)6-9-3-5-13-7-9/h3,5,7,10-11H,2,4,6,8H2,1H3. The molecule has 0 aliphatic carbocycles. The van der Waals surface area contributed by atoms with Crippen LogP contribution in [0.15, 0.2) is 16.8 Å². The molecule has 0 aromatic carbocycles. The molecule has 1 aromatic heterocycles. The Morgan fingerprint density at radius 3 is 3.08 bits per heavy atom. The topological polar surface area (TPSA) is 20.2 Å². The Morgan fingerprint density at radius 1 is 1.62 bits per heavy atom. The van der Waals surface area contributed by atoms with Gasteiger partial charge in [0.25, 0.3) is 0 Å².